The van der Waals surface area contributed by atoms with Crippen LogP contribution in [0.2, 0.25) is 0 Å². The first-order valence-electron chi connectivity index (χ1n) is 8.14. The molecule has 1 saturated heterocycles. The quantitative estimate of drug-likeness (QED) is 0.943. The van der Waals surface area contributed by atoms with E-state index in [4.69, 9.17) is 9.47 Å². The van der Waals surface area contributed by atoms with Crippen LogP contribution >= 0.6 is 0 Å². The lowest BCUT2D eigenvalue weighted by molar-refractivity contribution is 0.407. The molecule has 1 fully saturated rings. The van der Waals surface area contributed by atoms with Crippen molar-refractivity contribution in [1.82, 2.24) is 5.32 Å². The number of anilines is 2. The lowest BCUT2D eigenvalue weighted by Gasteiger charge is -2.34. The summed E-state index contributed by atoms with van der Waals surface area (Å²) >= 11 is 0. The number of nitrogens with zero attached hydrogens (tertiary/aromatic N) is 1. The van der Waals surface area contributed by atoms with Crippen molar-refractivity contribution in [3.05, 3.63) is 48.0 Å². The van der Waals surface area contributed by atoms with Gasteiger partial charge in [0.2, 0.25) is 0 Å². The van der Waals surface area contributed by atoms with Crippen molar-refractivity contribution in [2.24, 2.45) is 0 Å². The Balaban J connectivity index is 1.79. The van der Waals surface area contributed by atoms with Crippen molar-refractivity contribution in [1.29, 1.82) is 0 Å². The van der Waals surface area contributed by atoms with Crippen molar-refractivity contribution in [2.75, 3.05) is 32.2 Å². The Morgan fingerprint density at radius 3 is 2.48 bits per heavy atom. The van der Waals surface area contributed by atoms with E-state index in [1.54, 1.807) is 14.2 Å². The number of ether oxygens (including phenoxy) is 2. The highest BCUT2D eigenvalue weighted by molar-refractivity contribution is 5.74. The van der Waals surface area contributed by atoms with Crippen LogP contribution in [0.1, 0.15) is 17.9 Å². The Kier molecular flexibility index (Phi) is 3.62. The lowest BCUT2D eigenvalue weighted by Crippen LogP contribution is -2.42. The predicted molar refractivity (Wildman–Crippen MR) is 92.1 cm³/mol. The summed E-state index contributed by atoms with van der Waals surface area (Å²) in [6, 6.07) is 15.3. The zero-order valence-electron chi connectivity index (χ0n) is 13.6. The topological polar surface area (TPSA) is 33.7 Å². The van der Waals surface area contributed by atoms with Crippen LogP contribution in [0.15, 0.2) is 42.5 Å². The second kappa shape index (κ2) is 5.78. The highest BCUT2D eigenvalue weighted by Gasteiger charge is 2.40. The largest absolute Gasteiger partial charge is 0.497 e. The first-order valence-corrected chi connectivity index (χ1v) is 8.14. The zero-order chi connectivity index (χ0) is 15.8. The number of fused-ring (bicyclic) bond motifs is 3. The molecule has 2 atom stereocenters. The summed E-state index contributed by atoms with van der Waals surface area (Å²) in [5, 5.41) is 3.54. The van der Waals surface area contributed by atoms with Crippen molar-refractivity contribution in [2.45, 2.75) is 18.4 Å². The second-order valence-corrected chi connectivity index (χ2v) is 6.16. The fraction of sp³-hybridized carbons (Fsp3) is 0.368. The van der Waals surface area contributed by atoms with Gasteiger partial charge in [-0.25, -0.2) is 0 Å². The average molecular weight is 310 g/mol. The second-order valence-electron chi connectivity index (χ2n) is 6.16. The van der Waals surface area contributed by atoms with E-state index in [9.17, 15) is 0 Å². The third-order valence-electron chi connectivity index (χ3n) is 5.02. The highest BCUT2D eigenvalue weighted by atomic mass is 16.5. The van der Waals surface area contributed by atoms with Crippen molar-refractivity contribution < 1.29 is 9.47 Å². The Bertz CT molecular complexity index is 699. The molecule has 2 aromatic rings. The SMILES string of the molecule is COc1ccc(N2c3ccc(OC)cc3[C@@H]3CNCC[C@H]32)cc1. The Morgan fingerprint density at radius 1 is 1.00 bits per heavy atom. The van der Waals surface area contributed by atoms with Gasteiger partial charge in [-0.2, -0.15) is 0 Å². The zero-order valence-corrected chi connectivity index (χ0v) is 13.6. The Labute approximate surface area is 137 Å². The molecule has 4 rings (SSSR count). The fourth-order valence-electron chi connectivity index (χ4n) is 3.90. The van der Waals surface area contributed by atoms with Crippen LogP contribution in [-0.4, -0.2) is 33.4 Å². The van der Waals surface area contributed by atoms with Crippen LogP contribution in [0.25, 0.3) is 0 Å². The number of methoxy groups -OCH3 is 2. The third-order valence-corrected chi connectivity index (χ3v) is 5.02. The van der Waals surface area contributed by atoms with Gasteiger partial charge in [0, 0.05) is 29.9 Å². The van der Waals surface area contributed by atoms with Gasteiger partial charge in [0.15, 0.2) is 0 Å². The minimum absolute atomic E-state index is 0.506. The van der Waals surface area contributed by atoms with Gasteiger partial charge in [-0.3, -0.25) is 0 Å². The molecule has 2 heterocycles. The van der Waals surface area contributed by atoms with Crippen molar-refractivity contribution in [3.63, 3.8) is 0 Å². The molecule has 2 aliphatic rings. The molecule has 0 amide bonds. The summed E-state index contributed by atoms with van der Waals surface area (Å²) in [5.74, 6) is 2.34. The van der Waals surface area contributed by atoms with Crippen LogP contribution in [0.3, 0.4) is 0 Å². The van der Waals surface area contributed by atoms with Crippen LogP contribution in [0, 0.1) is 0 Å². The Morgan fingerprint density at radius 2 is 1.74 bits per heavy atom. The van der Waals surface area contributed by atoms with Gasteiger partial charge in [0.05, 0.1) is 14.2 Å². The van der Waals surface area contributed by atoms with Crippen molar-refractivity contribution in [3.8, 4) is 11.5 Å². The summed E-state index contributed by atoms with van der Waals surface area (Å²) in [6.07, 6.45) is 1.15. The molecule has 0 aromatic heterocycles. The first-order chi connectivity index (χ1) is 11.3. The smallest absolute Gasteiger partial charge is 0.119 e. The number of hydrogen-bond acceptors (Lipinski definition) is 4. The number of benzene rings is 2. The van der Waals surface area contributed by atoms with E-state index in [2.05, 4.69) is 40.5 Å². The summed E-state index contributed by atoms with van der Waals surface area (Å²) in [6.45, 7) is 2.09. The Hall–Kier alpha value is -2.20. The average Bonchev–Trinajstić information content (AvgIpc) is 2.95. The van der Waals surface area contributed by atoms with E-state index >= 15 is 0 Å². The van der Waals surface area contributed by atoms with Gasteiger partial charge < -0.3 is 19.7 Å². The number of piperidine rings is 1. The van der Waals surface area contributed by atoms with Gasteiger partial charge in [-0.05, 0) is 61.0 Å². The van der Waals surface area contributed by atoms with Gasteiger partial charge >= 0.3 is 0 Å². The minimum atomic E-state index is 0.506. The standard InChI is InChI=1S/C19H22N2O2/c1-22-14-5-3-13(4-6-14)21-18-8-7-15(23-2)11-16(18)17-12-20-10-9-19(17)21/h3-8,11,17,19-20H,9-10,12H2,1-2H3/t17-,19+/m0/s1. The van der Waals surface area contributed by atoms with E-state index in [1.165, 1.54) is 16.9 Å². The van der Waals surface area contributed by atoms with Gasteiger partial charge in [-0.1, -0.05) is 0 Å². The van der Waals surface area contributed by atoms with Crippen molar-refractivity contribution >= 4 is 11.4 Å². The molecule has 2 aromatic carbocycles. The summed E-state index contributed by atoms with van der Waals surface area (Å²) < 4.78 is 10.7. The number of hydrogen-bond donors (Lipinski definition) is 1. The van der Waals surface area contributed by atoms with Gasteiger partial charge in [-0.15, -0.1) is 0 Å². The molecule has 0 unspecified atom stereocenters. The molecule has 0 bridgehead atoms. The van der Waals surface area contributed by atoms with E-state index in [1.807, 2.05) is 12.1 Å². The number of rotatable bonds is 3. The first kappa shape index (κ1) is 14.4. The molecule has 120 valence electrons. The number of nitrogens with one attached hydrogen (secondary N) is 1. The van der Waals surface area contributed by atoms with Gasteiger partial charge in [0.25, 0.3) is 0 Å². The maximum atomic E-state index is 5.43. The minimum Gasteiger partial charge on any atom is -0.497 e. The molecule has 1 N–H and O–H groups in total. The molecule has 4 nitrogen and oxygen atoms in total. The summed E-state index contributed by atoms with van der Waals surface area (Å²) in [7, 11) is 3.43. The van der Waals surface area contributed by atoms with Gasteiger partial charge in [0.1, 0.15) is 11.5 Å². The predicted octanol–water partition coefficient (Wildman–Crippen LogP) is 3.30. The maximum Gasteiger partial charge on any atom is 0.119 e. The maximum absolute atomic E-state index is 5.43. The third kappa shape index (κ3) is 2.34. The van der Waals surface area contributed by atoms with Crippen LogP contribution < -0.4 is 19.7 Å². The van der Waals surface area contributed by atoms with E-state index in [-0.39, 0.29) is 0 Å². The molecular formula is C19H22N2O2. The molecule has 4 heteroatoms. The molecule has 2 aliphatic heterocycles. The normalized spacial score (nSPS) is 22.4. The fourth-order valence-corrected chi connectivity index (χ4v) is 3.90. The van der Waals surface area contributed by atoms with Crippen LogP contribution in [0.5, 0.6) is 11.5 Å². The molecule has 0 saturated carbocycles. The van der Waals surface area contributed by atoms with E-state index < -0.39 is 0 Å². The van der Waals surface area contributed by atoms with E-state index in [0.29, 0.717) is 12.0 Å². The van der Waals surface area contributed by atoms with Crippen LogP contribution in [0.4, 0.5) is 11.4 Å². The highest BCUT2D eigenvalue weighted by Crippen LogP contribution is 2.48. The monoisotopic (exact) mass is 310 g/mol. The summed E-state index contributed by atoms with van der Waals surface area (Å²) in [4.78, 5) is 2.49. The molecular weight excluding hydrogens is 288 g/mol. The molecule has 23 heavy (non-hydrogen) atoms. The molecule has 0 spiro atoms. The lowest BCUT2D eigenvalue weighted by atomic mass is 9.90. The van der Waals surface area contributed by atoms with Crippen LogP contribution in [-0.2, 0) is 0 Å². The molecule has 0 aliphatic carbocycles. The molecule has 0 radical (unpaired) electrons. The van der Waals surface area contributed by atoms with E-state index in [0.717, 1.165) is 31.0 Å². The summed E-state index contributed by atoms with van der Waals surface area (Å²) in [5.41, 5.74) is 3.92.